The lowest BCUT2D eigenvalue weighted by molar-refractivity contribution is 0.590. The molecule has 0 atom stereocenters. The van der Waals surface area contributed by atoms with Crippen LogP contribution in [0.3, 0.4) is 0 Å². The molecule has 2 heterocycles. The average molecular weight is 602 g/mol. The van der Waals surface area contributed by atoms with Gasteiger partial charge in [-0.15, -0.1) is 0 Å². The zero-order valence-corrected chi connectivity index (χ0v) is 27.3. The summed E-state index contributed by atoms with van der Waals surface area (Å²) in [6, 6.07) is 49.6. The Kier molecular flexibility index (Phi) is 6.44. The predicted molar refractivity (Wildman–Crippen MR) is 197 cm³/mol. The maximum Gasteiger partial charge on any atom is 0.156 e. The molecule has 0 fully saturated rings. The van der Waals surface area contributed by atoms with Gasteiger partial charge in [0.25, 0.3) is 0 Å². The maximum atomic E-state index is 2.42. The molecule has 3 heteroatoms. The second kappa shape index (κ2) is 10.4. The zero-order valence-electron chi connectivity index (χ0n) is 26.5. The van der Waals surface area contributed by atoms with Crippen LogP contribution in [0.5, 0.6) is 0 Å². The number of hydrogen-bond donors (Lipinski definition) is 0. The second-order valence-electron chi connectivity index (χ2n) is 13.3. The highest BCUT2D eigenvalue weighted by Crippen LogP contribution is 2.38. The molecule has 0 bridgehead atoms. The fraction of sp³-hybridized carbons (Fsp3) is 0.143. The van der Waals surface area contributed by atoms with E-state index in [0.29, 0.717) is 0 Å². The predicted octanol–water partition coefficient (Wildman–Crippen LogP) is 11.1. The summed E-state index contributed by atoms with van der Waals surface area (Å²) in [5, 5.41) is 5.11. The van der Waals surface area contributed by atoms with Crippen molar-refractivity contribution in [3.8, 4) is 22.5 Å². The van der Waals surface area contributed by atoms with Crippen molar-refractivity contribution in [2.24, 2.45) is 0 Å². The molecule has 0 saturated heterocycles. The van der Waals surface area contributed by atoms with Gasteiger partial charge in [-0.1, -0.05) is 87.5 Å². The molecular weight excluding hydrogens is 565 g/mol. The molecule has 45 heavy (non-hydrogen) atoms. The number of benzene rings is 6. The molecule has 8 rings (SSSR count). The van der Waals surface area contributed by atoms with E-state index in [4.69, 9.17) is 0 Å². The summed E-state index contributed by atoms with van der Waals surface area (Å²) >= 11 is 0. The topological polar surface area (TPSA) is 9.86 Å². The van der Waals surface area contributed by atoms with E-state index in [1.807, 2.05) is 0 Å². The van der Waals surface area contributed by atoms with Gasteiger partial charge in [0.2, 0.25) is 0 Å². The number of rotatable bonds is 4. The molecule has 0 spiro atoms. The molecule has 2 nitrogen and oxygen atoms in total. The van der Waals surface area contributed by atoms with E-state index in [9.17, 15) is 0 Å². The third-order valence-corrected chi connectivity index (χ3v) is 10.4. The van der Waals surface area contributed by atoms with Gasteiger partial charge in [0.05, 0.1) is 27.8 Å². The highest BCUT2D eigenvalue weighted by Gasteiger charge is 2.19. The van der Waals surface area contributed by atoms with Crippen molar-refractivity contribution in [3.05, 3.63) is 139 Å². The molecule has 2 aromatic heterocycles. The zero-order chi connectivity index (χ0) is 30.9. The van der Waals surface area contributed by atoms with E-state index < -0.39 is 0 Å². The highest BCUT2D eigenvalue weighted by molar-refractivity contribution is 7.95. The van der Waals surface area contributed by atoms with Crippen molar-refractivity contribution in [2.75, 3.05) is 12.5 Å². The lowest BCUT2D eigenvalue weighted by Gasteiger charge is -2.20. The Balaban J connectivity index is 1.31. The van der Waals surface area contributed by atoms with Crippen LogP contribution in [0.2, 0.25) is 0 Å². The molecular formula is C42H37N2S+. The first-order chi connectivity index (χ1) is 21.8. The van der Waals surface area contributed by atoms with Crippen LogP contribution in [0, 0.1) is 0 Å². The number of fused-ring (bicyclic) bond motifs is 6. The lowest BCUT2D eigenvalue weighted by Crippen LogP contribution is -2.11. The summed E-state index contributed by atoms with van der Waals surface area (Å²) in [6.45, 7) is 6.84. The van der Waals surface area contributed by atoms with Crippen LogP contribution < -0.4 is 0 Å². The van der Waals surface area contributed by atoms with Crippen LogP contribution in [0.25, 0.3) is 66.1 Å². The van der Waals surface area contributed by atoms with Gasteiger partial charge in [0.1, 0.15) is 12.5 Å². The smallest absolute Gasteiger partial charge is 0.156 e. The van der Waals surface area contributed by atoms with Gasteiger partial charge in [-0.2, -0.15) is 0 Å². The van der Waals surface area contributed by atoms with Gasteiger partial charge in [-0.25, -0.2) is 0 Å². The van der Waals surface area contributed by atoms with Crippen LogP contribution in [0.4, 0.5) is 0 Å². The fourth-order valence-corrected chi connectivity index (χ4v) is 7.56. The molecule has 0 aliphatic carbocycles. The summed E-state index contributed by atoms with van der Waals surface area (Å²) in [5.74, 6) is 0. The third kappa shape index (κ3) is 4.57. The minimum absolute atomic E-state index is 0.0846. The number of hydrogen-bond acceptors (Lipinski definition) is 0. The van der Waals surface area contributed by atoms with Gasteiger partial charge in [-0.3, -0.25) is 0 Å². The first kappa shape index (κ1) is 27.8. The fourth-order valence-electron chi connectivity index (χ4n) is 6.85. The highest BCUT2D eigenvalue weighted by atomic mass is 32.2. The summed E-state index contributed by atoms with van der Waals surface area (Å²) in [4.78, 5) is 1.38. The Labute approximate surface area is 267 Å². The molecule has 0 aliphatic rings. The minimum Gasteiger partial charge on any atom is -0.309 e. The van der Waals surface area contributed by atoms with Crippen LogP contribution in [-0.4, -0.2) is 21.6 Å². The number of aromatic nitrogens is 2. The normalized spacial score (nSPS) is 12.3. The first-order valence-corrected chi connectivity index (χ1v) is 17.7. The van der Waals surface area contributed by atoms with Crippen LogP contribution in [-0.2, 0) is 16.3 Å². The second-order valence-corrected chi connectivity index (χ2v) is 15.4. The van der Waals surface area contributed by atoms with Crippen molar-refractivity contribution in [1.29, 1.82) is 0 Å². The number of para-hydroxylation sites is 2. The third-order valence-electron chi connectivity index (χ3n) is 9.20. The average Bonchev–Trinajstić information content (AvgIpc) is 3.56. The Morgan fingerprint density at radius 3 is 1.47 bits per heavy atom. The van der Waals surface area contributed by atoms with E-state index in [1.165, 1.54) is 76.6 Å². The molecule has 0 amide bonds. The van der Waals surface area contributed by atoms with E-state index in [2.05, 4.69) is 176 Å². The van der Waals surface area contributed by atoms with E-state index in [0.717, 1.165) is 0 Å². The molecule has 0 N–H and O–H groups in total. The van der Waals surface area contributed by atoms with Crippen molar-refractivity contribution < 1.29 is 0 Å². The number of nitrogens with zero attached hydrogens (tertiary/aromatic N) is 2. The van der Waals surface area contributed by atoms with Gasteiger partial charge < -0.3 is 9.13 Å². The Morgan fingerprint density at radius 2 is 0.933 bits per heavy atom. The van der Waals surface area contributed by atoms with E-state index >= 15 is 0 Å². The van der Waals surface area contributed by atoms with Gasteiger partial charge in [-0.05, 0) is 82.8 Å². The van der Waals surface area contributed by atoms with Crippen molar-refractivity contribution in [3.63, 3.8) is 0 Å². The van der Waals surface area contributed by atoms with Gasteiger partial charge in [0, 0.05) is 44.2 Å². The van der Waals surface area contributed by atoms with E-state index in [1.54, 1.807) is 0 Å². The lowest BCUT2D eigenvalue weighted by atomic mass is 9.87. The molecule has 8 aromatic rings. The molecule has 6 aromatic carbocycles. The van der Waals surface area contributed by atoms with Gasteiger partial charge in [0.15, 0.2) is 4.90 Å². The largest absolute Gasteiger partial charge is 0.309 e. The standard InChI is InChI=1S/C42H37N2S/c1-42(2,3)30-12-10-13-31(26-30)43-38-18-8-6-16-34(38)36-24-28(20-22-40(36)43)29-21-23-41-37(25-29)35-17-7-9-19-39(35)44(41)32-14-11-15-33(27-32)45(4)5/h6-27H,1-5H3/q+1. The summed E-state index contributed by atoms with van der Waals surface area (Å²) < 4.78 is 4.85. The Morgan fingerprint density at radius 1 is 0.444 bits per heavy atom. The van der Waals surface area contributed by atoms with Crippen molar-refractivity contribution in [2.45, 2.75) is 31.1 Å². The molecule has 0 radical (unpaired) electrons. The maximum absolute atomic E-state index is 2.42. The summed E-state index contributed by atoms with van der Waals surface area (Å²) in [7, 11) is 0.200. The van der Waals surface area contributed by atoms with Gasteiger partial charge >= 0.3 is 0 Å². The quantitative estimate of drug-likeness (QED) is 0.178. The molecule has 220 valence electrons. The molecule has 0 aliphatic heterocycles. The summed E-state index contributed by atoms with van der Waals surface area (Å²) in [6.07, 6.45) is 4.57. The Hall–Kier alpha value is -4.73. The SMILES string of the molecule is C[S+](C)c1cccc(-n2c3ccccc3c3cc(-c4ccc5c(c4)c4ccccc4n5-c4cccc(C(C)(C)C)c4)ccc32)c1. The summed E-state index contributed by atoms with van der Waals surface area (Å²) in [5.41, 5.74) is 11.3. The van der Waals surface area contributed by atoms with Crippen molar-refractivity contribution >= 4 is 54.5 Å². The first-order valence-electron chi connectivity index (χ1n) is 15.6. The van der Waals surface area contributed by atoms with Crippen LogP contribution in [0.1, 0.15) is 26.3 Å². The molecule has 0 unspecified atom stereocenters. The van der Waals surface area contributed by atoms with Crippen molar-refractivity contribution in [1.82, 2.24) is 9.13 Å². The minimum atomic E-state index is 0.0846. The van der Waals surface area contributed by atoms with Crippen LogP contribution >= 0.6 is 0 Å². The Bertz CT molecular complexity index is 2400. The van der Waals surface area contributed by atoms with E-state index in [-0.39, 0.29) is 16.3 Å². The van der Waals surface area contributed by atoms with Crippen LogP contribution in [0.15, 0.2) is 138 Å². The monoisotopic (exact) mass is 601 g/mol. The molecule has 0 saturated carbocycles.